The normalized spacial score (nSPS) is 28.3. The standard InChI is InChI=1S/C27H34O11/c1-15(2)11-18-13-17(26(32)37-18)9-10-35-27-25(31)24(30)23(29)21(38-27)14-36-22(28)8-6-16-5-7-19(33-3)20(12-16)34-4/h5-9,11-12,18,21,23-25,27,29-31H,10,13-14H2,1-4H3/b8-6+,17-9-/t18-,21+,23+,24-,25+,27+/m1/s1. The molecule has 11 nitrogen and oxygen atoms in total. The zero-order valence-corrected chi connectivity index (χ0v) is 21.7. The van der Waals surface area contributed by atoms with E-state index in [-0.39, 0.29) is 12.7 Å². The van der Waals surface area contributed by atoms with Crippen LogP contribution in [0.3, 0.4) is 0 Å². The Hall–Kier alpha value is -3.22. The van der Waals surface area contributed by atoms with Crippen LogP contribution in [0.15, 0.2) is 47.6 Å². The van der Waals surface area contributed by atoms with Crippen molar-refractivity contribution in [3.63, 3.8) is 0 Å². The summed E-state index contributed by atoms with van der Waals surface area (Å²) in [5.41, 5.74) is 2.10. The average Bonchev–Trinajstić information content (AvgIpc) is 3.24. The summed E-state index contributed by atoms with van der Waals surface area (Å²) in [7, 11) is 3.01. The number of aliphatic hydroxyl groups excluding tert-OH is 3. The van der Waals surface area contributed by atoms with E-state index in [0.29, 0.717) is 29.1 Å². The molecule has 0 unspecified atom stereocenters. The van der Waals surface area contributed by atoms with Crippen LogP contribution in [0, 0.1) is 0 Å². The quantitative estimate of drug-likeness (QED) is 0.226. The predicted octanol–water partition coefficient (Wildman–Crippen LogP) is 1.29. The molecule has 0 aliphatic carbocycles. The first-order valence-electron chi connectivity index (χ1n) is 12.1. The van der Waals surface area contributed by atoms with Gasteiger partial charge in [-0.25, -0.2) is 9.59 Å². The molecule has 2 fully saturated rings. The van der Waals surface area contributed by atoms with Crippen LogP contribution in [0.5, 0.6) is 11.5 Å². The van der Waals surface area contributed by atoms with Crippen LogP contribution in [0.25, 0.3) is 6.08 Å². The summed E-state index contributed by atoms with van der Waals surface area (Å²) in [4.78, 5) is 24.2. The van der Waals surface area contributed by atoms with Crippen molar-refractivity contribution in [2.45, 2.75) is 57.1 Å². The maximum Gasteiger partial charge on any atom is 0.334 e. The number of benzene rings is 1. The van der Waals surface area contributed by atoms with Crippen LogP contribution < -0.4 is 9.47 Å². The van der Waals surface area contributed by atoms with Gasteiger partial charge in [0.15, 0.2) is 17.8 Å². The number of ether oxygens (including phenoxy) is 6. The zero-order valence-electron chi connectivity index (χ0n) is 21.7. The Labute approximate surface area is 220 Å². The van der Waals surface area contributed by atoms with E-state index in [1.807, 2.05) is 19.9 Å². The first-order valence-corrected chi connectivity index (χ1v) is 12.1. The molecule has 1 aromatic rings. The van der Waals surface area contributed by atoms with Crippen LogP contribution >= 0.6 is 0 Å². The van der Waals surface area contributed by atoms with Gasteiger partial charge in [-0.3, -0.25) is 0 Å². The molecule has 0 saturated carbocycles. The summed E-state index contributed by atoms with van der Waals surface area (Å²) in [6.07, 6.45) is -1.08. The molecule has 2 heterocycles. The lowest BCUT2D eigenvalue weighted by molar-refractivity contribution is -0.299. The Balaban J connectivity index is 1.53. The van der Waals surface area contributed by atoms with E-state index in [2.05, 4.69) is 0 Å². The molecule has 2 aliphatic heterocycles. The van der Waals surface area contributed by atoms with Gasteiger partial charge in [0.2, 0.25) is 0 Å². The van der Waals surface area contributed by atoms with Crippen molar-refractivity contribution < 1.29 is 53.3 Å². The Kier molecular flexibility index (Phi) is 10.5. The average molecular weight is 535 g/mol. The van der Waals surface area contributed by atoms with Crippen LogP contribution in [0.4, 0.5) is 0 Å². The Morgan fingerprint density at radius 2 is 1.82 bits per heavy atom. The highest BCUT2D eigenvalue weighted by Crippen LogP contribution is 2.28. The fourth-order valence-electron chi connectivity index (χ4n) is 3.95. The minimum absolute atomic E-state index is 0.114. The van der Waals surface area contributed by atoms with E-state index < -0.39 is 49.3 Å². The number of hydrogen-bond acceptors (Lipinski definition) is 11. The van der Waals surface area contributed by atoms with Crippen molar-refractivity contribution >= 4 is 18.0 Å². The molecule has 11 heteroatoms. The summed E-state index contributed by atoms with van der Waals surface area (Å²) < 4.78 is 31.9. The van der Waals surface area contributed by atoms with Crippen molar-refractivity contribution in [1.82, 2.24) is 0 Å². The number of carbonyl (C=O) groups excluding carboxylic acids is 2. The summed E-state index contributed by atoms with van der Waals surface area (Å²) in [5.74, 6) is -0.138. The maximum atomic E-state index is 12.2. The molecule has 0 bridgehead atoms. The molecule has 0 amide bonds. The summed E-state index contributed by atoms with van der Waals surface area (Å²) in [6, 6.07) is 5.09. The zero-order chi connectivity index (χ0) is 27.8. The van der Waals surface area contributed by atoms with Gasteiger partial charge in [0.1, 0.15) is 37.1 Å². The molecule has 0 spiro atoms. The van der Waals surface area contributed by atoms with Gasteiger partial charge in [-0.2, -0.15) is 0 Å². The molecule has 3 rings (SSSR count). The molecule has 208 valence electrons. The Morgan fingerprint density at radius 1 is 1.08 bits per heavy atom. The lowest BCUT2D eigenvalue weighted by Crippen LogP contribution is -2.59. The molecule has 1 aromatic carbocycles. The largest absolute Gasteiger partial charge is 0.493 e. The van der Waals surface area contributed by atoms with Gasteiger partial charge >= 0.3 is 11.9 Å². The van der Waals surface area contributed by atoms with E-state index in [1.165, 1.54) is 32.4 Å². The number of carbonyl (C=O) groups is 2. The third-order valence-corrected chi connectivity index (χ3v) is 5.93. The number of aliphatic hydroxyl groups is 3. The van der Waals surface area contributed by atoms with Crippen LogP contribution in [-0.4, -0.2) is 91.5 Å². The van der Waals surface area contributed by atoms with Crippen LogP contribution in [-0.2, 0) is 28.5 Å². The van der Waals surface area contributed by atoms with Gasteiger partial charge in [-0.15, -0.1) is 0 Å². The highest BCUT2D eigenvalue weighted by Gasteiger charge is 2.44. The maximum absolute atomic E-state index is 12.2. The second-order valence-corrected chi connectivity index (χ2v) is 9.05. The van der Waals surface area contributed by atoms with E-state index in [9.17, 15) is 24.9 Å². The minimum atomic E-state index is -1.61. The van der Waals surface area contributed by atoms with E-state index in [4.69, 9.17) is 28.4 Å². The van der Waals surface area contributed by atoms with Gasteiger partial charge in [-0.05, 0) is 49.8 Å². The highest BCUT2D eigenvalue weighted by atomic mass is 16.7. The lowest BCUT2D eigenvalue weighted by Gasteiger charge is -2.39. The van der Waals surface area contributed by atoms with Gasteiger partial charge < -0.3 is 43.7 Å². The third kappa shape index (κ3) is 7.65. The molecule has 2 aliphatic rings. The van der Waals surface area contributed by atoms with Gasteiger partial charge in [0.05, 0.1) is 20.8 Å². The summed E-state index contributed by atoms with van der Waals surface area (Å²) in [6.45, 7) is 3.29. The van der Waals surface area contributed by atoms with E-state index in [1.54, 1.807) is 18.2 Å². The molecular formula is C27H34O11. The smallest absolute Gasteiger partial charge is 0.334 e. The van der Waals surface area contributed by atoms with Crippen molar-refractivity contribution in [1.29, 1.82) is 0 Å². The molecule has 6 atom stereocenters. The number of cyclic esters (lactones) is 1. The molecule has 0 aromatic heterocycles. The molecule has 0 radical (unpaired) electrons. The molecular weight excluding hydrogens is 500 g/mol. The SMILES string of the molecule is COc1ccc(/C=C/C(=O)OC[C@@H]2O[C@H](OC/C=C3/C[C@@H](C=C(C)C)OC3=O)[C@@H](O)[C@H](O)[C@H]2O)cc1OC. The molecule has 38 heavy (non-hydrogen) atoms. The summed E-state index contributed by atoms with van der Waals surface area (Å²) >= 11 is 0. The number of methoxy groups -OCH3 is 2. The number of allylic oxidation sites excluding steroid dienone is 1. The molecule has 2 saturated heterocycles. The van der Waals surface area contributed by atoms with Crippen LogP contribution in [0.2, 0.25) is 0 Å². The first-order chi connectivity index (χ1) is 18.1. The lowest BCUT2D eigenvalue weighted by atomic mass is 9.99. The predicted molar refractivity (Wildman–Crippen MR) is 134 cm³/mol. The topological polar surface area (TPSA) is 150 Å². The first kappa shape index (κ1) is 29.3. The Bertz CT molecular complexity index is 1070. The number of hydrogen-bond donors (Lipinski definition) is 3. The fraction of sp³-hybridized carbons (Fsp3) is 0.481. The number of rotatable bonds is 10. The second kappa shape index (κ2) is 13.5. The second-order valence-electron chi connectivity index (χ2n) is 9.05. The Morgan fingerprint density at radius 3 is 2.50 bits per heavy atom. The van der Waals surface area contributed by atoms with E-state index >= 15 is 0 Å². The molecule has 3 N–H and O–H groups in total. The monoisotopic (exact) mass is 534 g/mol. The van der Waals surface area contributed by atoms with Gasteiger partial charge in [0, 0.05) is 18.1 Å². The van der Waals surface area contributed by atoms with Gasteiger partial charge in [-0.1, -0.05) is 11.6 Å². The van der Waals surface area contributed by atoms with Crippen molar-refractivity contribution in [2.24, 2.45) is 0 Å². The number of esters is 2. The van der Waals surface area contributed by atoms with E-state index in [0.717, 1.165) is 5.57 Å². The fourth-order valence-corrected chi connectivity index (χ4v) is 3.95. The minimum Gasteiger partial charge on any atom is -0.493 e. The van der Waals surface area contributed by atoms with Crippen molar-refractivity contribution in [3.05, 3.63) is 53.1 Å². The van der Waals surface area contributed by atoms with Crippen LogP contribution in [0.1, 0.15) is 25.8 Å². The van der Waals surface area contributed by atoms with Gasteiger partial charge in [0.25, 0.3) is 0 Å². The van der Waals surface area contributed by atoms with Crippen molar-refractivity contribution in [3.8, 4) is 11.5 Å². The summed E-state index contributed by atoms with van der Waals surface area (Å²) in [5, 5.41) is 30.8. The van der Waals surface area contributed by atoms with Crippen molar-refractivity contribution in [2.75, 3.05) is 27.4 Å². The highest BCUT2D eigenvalue weighted by molar-refractivity contribution is 5.91. The third-order valence-electron chi connectivity index (χ3n) is 5.93.